The van der Waals surface area contributed by atoms with E-state index in [1.165, 1.54) is 25.7 Å². The molecule has 1 aliphatic heterocycles. The highest BCUT2D eigenvalue weighted by Crippen LogP contribution is 2.35. The molecule has 5 heteroatoms. The molecule has 2 N–H and O–H groups in total. The molecule has 0 bridgehead atoms. The van der Waals surface area contributed by atoms with Crippen LogP contribution in [0.2, 0.25) is 0 Å². The summed E-state index contributed by atoms with van der Waals surface area (Å²) in [5.74, 6) is -0.0731. The number of likely N-dealkylation sites (tertiary alicyclic amines) is 1. The van der Waals surface area contributed by atoms with Gasteiger partial charge in [-0.1, -0.05) is 26.7 Å². The number of carboxylic acid groups (broad SMARTS) is 1. The Kier molecular flexibility index (Phi) is 5.48. The Morgan fingerprint density at radius 1 is 1.19 bits per heavy atom. The van der Waals surface area contributed by atoms with Crippen LogP contribution in [0.1, 0.15) is 58.8 Å². The quantitative estimate of drug-likeness (QED) is 0.838. The highest BCUT2D eigenvalue weighted by Gasteiger charge is 2.36. The van der Waals surface area contributed by atoms with E-state index in [1.807, 2.05) is 18.7 Å². The molecule has 1 heterocycles. The predicted molar refractivity (Wildman–Crippen MR) is 81.1 cm³/mol. The highest BCUT2D eigenvalue weighted by atomic mass is 16.4. The molecule has 1 saturated heterocycles. The molecule has 2 rings (SSSR count). The maximum atomic E-state index is 12.5. The number of amides is 2. The third-order valence-corrected chi connectivity index (χ3v) is 4.81. The molecule has 2 aliphatic rings. The Morgan fingerprint density at radius 3 is 2.52 bits per heavy atom. The van der Waals surface area contributed by atoms with Gasteiger partial charge in [0.1, 0.15) is 6.04 Å². The summed E-state index contributed by atoms with van der Waals surface area (Å²) in [6.07, 6.45) is 7.45. The number of nitrogens with one attached hydrogen (secondary N) is 1. The minimum absolute atomic E-state index is 0.181. The van der Waals surface area contributed by atoms with Gasteiger partial charge in [-0.3, -0.25) is 0 Å². The van der Waals surface area contributed by atoms with E-state index in [1.54, 1.807) is 0 Å². The maximum absolute atomic E-state index is 12.5. The molecular formula is C16H28N2O3. The Hall–Kier alpha value is -1.26. The summed E-state index contributed by atoms with van der Waals surface area (Å²) in [5.41, 5.74) is 0. The summed E-state index contributed by atoms with van der Waals surface area (Å²) in [6.45, 7) is 4.71. The SMILES string of the molecule is CC(C)C[C@@H](NC(=O)N1CCCC2CCCCC21)C(=O)O. The lowest BCUT2D eigenvalue weighted by Crippen LogP contribution is -2.56. The van der Waals surface area contributed by atoms with Crippen molar-refractivity contribution in [1.29, 1.82) is 0 Å². The number of piperidine rings is 1. The van der Waals surface area contributed by atoms with Crippen molar-refractivity contribution in [2.24, 2.45) is 11.8 Å². The van der Waals surface area contributed by atoms with Gasteiger partial charge >= 0.3 is 12.0 Å². The molecule has 1 saturated carbocycles. The van der Waals surface area contributed by atoms with E-state index >= 15 is 0 Å². The minimum atomic E-state index is -0.936. The smallest absolute Gasteiger partial charge is 0.326 e. The van der Waals surface area contributed by atoms with Gasteiger partial charge in [0, 0.05) is 12.6 Å². The molecular weight excluding hydrogens is 268 g/mol. The van der Waals surface area contributed by atoms with Gasteiger partial charge in [0.05, 0.1) is 0 Å². The van der Waals surface area contributed by atoms with E-state index in [0.29, 0.717) is 18.4 Å². The van der Waals surface area contributed by atoms with Crippen molar-refractivity contribution in [3.8, 4) is 0 Å². The Labute approximate surface area is 127 Å². The maximum Gasteiger partial charge on any atom is 0.326 e. The molecule has 21 heavy (non-hydrogen) atoms. The molecule has 3 atom stereocenters. The van der Waals surface area contributed by atoms with Crippen LogP contribution in [0.25, 0.3) is 0 Å². The van der Waals surface area contributed by atoms with Crippen molar-refractivity contribution < 1.29 is 14.7 Å². The second-order valence-electron chi connectivity index (χ2n) is 6.92. The van der Waals surface area contributed by atoms with E-state index in [2.05, 4.69) is 5.32 Å². The second-order valence-corrected chi connectivity index (χ2v) is 6.92. The van der Waals surface area contributed by atoms with Gasteiger partial charge in [-0.2, -0.15) is 0 Å². The third kappa shape index (κ3) is 4.11. The summed E-state index contributed by atoms with van der Waals surface area (Å²) in [4.78, 5) is 25.7. The van der Waals surface area contributed by atoms with Gasteiger partial charge in [-0.05, 0) is 43.9 Å². The van der Waals surface area contributed by atoms with E-state index in [9.17, 15) is 14.7 Å². The Bertz CT molecular complexity index is 382. The first-order chi connectivity index (χ1) is 9.99. The van der Waals surface area contributed by atoms with Crippen molar-refractivity contribution >= 4 is 12.0 Å². The summed E-state index contributed by atoms with van der Waals surface area (Å²) in [6, 6.07) is -0.637. The van der Waals surface area contributed by atoms with Gasteiger partial charge < -0.3 is 15.3 Å². The normalized spacial score (nSPS) is 27.1. The van der Waals surface area contributed by atoms with E-state index < -0.39 is 12.0 Å². The average molecular weight is 296 g/mol. The number of urea groups is 1. The first-order valence-electron chi connectivity index (χ1n) is 8.29. The summed E-state index contributed by atoms with van der Waals surface area (Å²) < 4.78 is 0. The molecule has 1 aliphatic carbocycles. The zero-order valence-electron chi connectivity index (χ0n) is 13.2. The number of aliphatic carboxylic acids is 1. The molecule has 2 fully saturated rings. The highest BCUT2D eigenvalue weighted by molar-refractivity contribution is 5.82. The number of fused-ring (bicyclic) bond motifs is 1. The van der Waals surface area contributed by atoms with Crippen LogP contribution in [0.3, 0.4) is 0 Å². The van der Waals surface area contributed by atoms with Crippen LogP contribution in [-0.2, 0) is 4.79 Å². The molecule has 120 valence electrons. The number of carbonyl (C=O) groups is 2. The number of hydrogen-bond acceptors (Lipinski definition) is 2. The number of hydrogen-bond donors (Lipinski definition) is 2. The molecule has 0 radical (unpaired) electrons. The first-order valence-corrected chi connectivity index (χ1v) is 8.29. The van der Waals surface area contributed by atoms with Gasteiger partial charge in [0.25, 0.3) is 0 Å². The fraction of sp³-hybridized carbons (Fsp3) is 0.875. The lowest BCUT2D eigenvalue weighted by Gasteiger charge is -2.44. The van der Waals surface area contributed by atoms with Crippen molar-refractivity contribution in [2.75, 3.05) is 6.54 Å². The van der Waals surface area contributed by atoms with Gasteiger partial charge in [0.2, 0.25) is 0 Å². The average Bonchev–Trinajstić information content (AvgIpc) is 2.45. The van der Waals surface area contributed by atoms with Crippen LogP contribution in [0.4, 0.5) is 4.79 Å². The first kappa shape index (κ1) is 16.1. The van der Waals surface area contributed by atoms with Gasteiger partial charge in [-0.15, -0.1) is 0 Å². The second kappa shape index (κ2) is 7.14. The van der Waals surface area contributed by atoms with Crippen molar-refractivity contribution in [3.63, 3.8) is 0 Å². The van der Waals surface area contributed by atoms with Crippen molar-refractivity contribution in [2.45, 2.75) is 70.9 Å². The lowest BCUT2D eigenvalue weighted by atomic mass is 9.78. The van der Waals surface area contributed by atoms with E-state index in [4.69, 9.17) is 0 Å². The van der Waals surface area contributed by atoms with Crippen LogP contribution in [0.5, 0.6) is 0 Å². The Balaban J connectivity index is 1.98. The topological polar surface area (TPSA) is 69.6 Å². The fourth-order valence-corrected chi connectivity index (χ4v) is 3.80. The fourth-order valence-electron chi connectivity index (χ4n) is 3.80. The van der Waals surface area contributed by atoms with Crippen LogP contribution < -0.4 is 5.32 Å². The van der Waals surface area contributed by atoms with Crippen molar-refractivity contribution in [3.05, 3.63) is 0 Å². The van der Waals surface area contributed by atoms with Crippen LogP contribution >= 0.6 is 0 Å². The monoisotopic (exact) mass is 296 g/mol. The number of rotatable bonds is 4. The molecule has 0 spiro atoms. The summed E-state index contributed by atoms with van der Waals surface area (Å²) in [7, 11) is 0. The van der Waals surface area contributed by atoms with Crippen LogP contribution in [0.15, 0.2) is 0 Å². The van der Waals surface area contributed by atoms with E-state index in [0.717, 1.165) is 19.4 Å². The zero-order valence-corrected chi connectivity index (χ0v) is 13.2. The number of carbonyl (C=O) groups excluding carboxylic acids is 1. The van der Waals surface area contributed by atoms with Crippen LogP contribution in [0, 0.1) is 11.8 Å². The van der Waals surface area contributed by atoms with Gasteiger partial charge in [0.15, 0.2) is 0 Å². The largest absolute Gasteiger partial charge is 0.480 e. The molecule has 0 aromatic heterocycles. The number of nitrogens with zero attached hydrogens (tertiary/aromatic N) is 1. The molecule has 2 amide bonds. The predicted octanol–water partition coefficient (Wildman–Crippen LogP) is 2.85. The van der Waals surface area contributed by atoms with Gasteiger partial charge in [-0.25, -0.2) is 9.59 Å². The minimum Gasteiger partial charge on any atom is -0.480 e. The zero-order chi connectivity index (χ0) is 15.4. The third-order valence-electron chi connectivity index (χ3n) is 4.81. The Morgan fingerprint density at radius 2 is 1.86 bits per heavy atom. The summed E-state index contributed by atoms with van der Waals surface area (Å²) in [5, 5.41) is 12.0. The lowest BCUT2D eigenvalue weighted by molar-refractivity contribution is -0.139. The van der Waals surface area contributed by atoms with E-state index in [-0.39, 0.29) is 11.9 Å². The van der Waals surface area contributed by atoms with Crippen molar-refractivity contribution in [1.82, 2.24) is 10.2 Å². The molecule has 0 aromatic rings. The molecule has 2 unspecified atom stereocenters. The summed E-state index contributed by atoms with van der Waals surface area (Å²) >= 11 is 0. The molecule has 5 nitrogen and oxygen atoms in total. The van der Waals surface area contributed by atoms with Crippen LogP contribution in [-0.4, -0.2) is 40.6 Å². The molecule has 0 aromatic carbocycles. The standard InChI is InChI=1S/C16H28N2O3/c1-11(2)10-13(15(19)20)17-16(21)18-9-5-7-12-6-3-4-8-14(12)18/h11-14H,3-10H2,1-2H3,(H,17,21)(H,19,20)/t12?,13-,14?/m1/s1. The number of carboxylic acids is 1.